The predicted molar refractivity (Wildman–Crippen MR) is 74.2 cm³/mol. The van der Waals surface area contributed by atoms with Crippen molar-refractivity contribution < 1.29 is 9.90 Å². The summed E-state index contributed by atoms with van der Waals surface area (Å²) in [6, 6.07) is 8.10. The van der Waals surface area contributed by atoms with E-state index in [0.717, 1.165) is 16.9 Å². The molecule has 100 valence electrons. The van der Waals surface area contributed by atoms with Crippen LogP contribution in [0, 0.1) is 0 Å². The molecule has 0 aliphatic heterocycles. The van der Waals surface area contributed by atoms with E-state index in [1.165, 1.54) is 0 Å². The minimum atomic E-state index is -0.803. The van der Waals surface area contributed by atoms with Gasteiger partial charge in [0.15, 0.2) is 0 Å². The monoisotopic (exact) mass is 259 g/mol. The third-order valence-corrected chi connectivity index (χ3v) is 2.96. The number of aliphatic carboxylic acids is 1. The molecule has 0 amide bonds. The summed E-state index contributed by atoms with van der Waals surface area (Å²) < 4.78 is 1.86. The van der Waals surface area contributed by atoms with Crippen LogP contribution in [0.1, 0.15) is 6.42 Å². The van der Waals surface area contributed by atoms with Crippen molar-refractivity contribution in [2.45, 2.75) is 13.0 Å². The predicted octanol–water partition coefficient (Wildman–Crippen LogP) is 2.09. The van der Waals surface area contributed by atoms with E-state index in [0.29, 0.717) is 6.54 Å². The number of hydrogen-bond acceptors (Lipinski definition) is 3. The first-order valence-electron chi connectivity index (χ1n) is 6.07. The average molecular weight is 259 g/mol. The van der Waals surface area contributed by atoms with Crippen LogP contribution < -0.4 is 4.90 Å². The average Bonchev–Trinajstić information content (AvgIpc) is 2.84. The van der Waals surface area contributed by atoms with E-state index in [2.05, 4.69) is 4.98 Å². The summed E-state index contributed by atoms with van der Waals surface area (Å²) in [5.74, 6) is -0.803. The Kier molecular flexibility index (Phi) is 3.85. The van der Waals surface area contributed by atoms with Gasteiger partial charge in [-0.15, -0.1) is 0 Å². The second-order valence-electron chi connectivity index (χ2n) is 4.56. The molecule has 1 aromatic heterocycles. The summed E-state index contributed by atoms with van der Waals surface area (Å²) in [6.45, 7) is 0.431. The highest BCUT2D eigenvalue weighted by Crippen LogP contribution is 2.22. The summed E-state index contributed by atoms with van der Waals surface area (Å²) in [5, 5.41) is 8.73. The van der Waals surface area contributed by atoms with Crippen molar-refractivity contribution >= 4 is 11.7 Å². The number of hydrogen-bond donors (Lipinski definition) is 1. The van der Waals surface area contributed by atoms with E-state index in [1.807, 2.05) is 47.8 Å². The second-order valence-corrected chi connectivity index (χ2v) is 4.56. The lowest BCUT2D eigenvalue weighted by Gasteiger charge is -2.13. The molecule has 0 saturated carbocycles. The summed E-state index contributed by atoms with van der Waals surface area (Å²) in [5.41, 5.74) is 3.10. The Morgan fingerprint density at radius 2 is 2.00 bits per heavy atom. The van der Waals surface area contributed by atoms with Gasteiger partial charge >= 0.3 is 5.97 Å². The van der Waals surface area contributed by atoms with Crippen molar-refractivity contribution in [1.82, 2.24) is 9.55 Å². The zero-order valence-electron chi connectivity index (χ0n) is 11.1. The van der Waals surface area contributed by atoms with Gasteiger partial charge in [-0.2, -0.15) is 0 Å². The van der Waals surface area contributed by atoms with Crippen molar-refractivity contribution in [2.24, 2.45) is 0 Å². The molecule has 0 spiro atoms. The maximum Gasteiger partial charge on any atom is 0.305 e. The van der Waals surface area contributed by atoms with E-state index in [1.54, 1.807) is 12.5 Å². The van der Waals surface area contributed by atoms with Crippen LogP contribution in [-0.2, 0) is 11.3 Å². The lowest BCUT2D eigenvalue weighted by atomic mass is 10.1. The summed E-state index contributed by atoms with van der Waals surface area (Å²) in [7, 11) is 3.98. The molecule has 2 aromatic rings. The summed E-state index contributed by atoms with van der Waals surface area (Å²) in [4.78, 5) is 16.7. The lowest BCUT2D eigenvalue weighted by Crippen LogP contribution is -2.08. The Morgan fingerprint density at radius 3 is 2.58 bits per heavy atom. The van der Waals surface area contributed by atoms with Crippen molar-refractivity contribution in [3.63, 3.8) is 0 Å². The second kappa shape index (κ2) is 5.56. The van der Waals surface area contributed by atoms with E-state index in [-0.39, 0.29) is 6.42 Å². The van der Waals surface area contributed by atoms with Crippen molar-refractivity contribution in [3.8, 4) is 11.3 Å². The molecule has 2 rings (SSSR count). The van der Waals surface area contributed by atoms with E-state index >= 15 is 0 Å². The lowest BCUT2D eigenvalue weighted by molar-refractivity contribution is -0.137. The number of carbonyl (C=O) groups is 1. The molecule has 0 aliphatic carbocycles. The van der Waals surface area contributed by atoms with Gasteiger partial charge in [0.25, 0.3) is 0 Å². The van der Waals surface area contributed by atoms with Crippen LogP contribution in [0.5, 0.6) is 0 Å². The fourth-order valence-electron chi connectivity index (χ4n) is 1.89. The number of imidazole rings is 1. The Balaban J connectivity index is 2.22. The smallest absolute Gasteiger partial charge is 0.305 e. The van der Waals surface area contributed by atoms with E-state index < -0.39 is 5.97 Å². The summed E-state index contributed by atoms with van der Waals surface area (Å²) >= 11 is 0. The van der Waals surface area contributed by atoms with Gasteiger partial charge in [0.1, 0.15) is 0 Å². The molecule has 5 nitrogen and oxygen atoms in total. The standard InChI is InChI=1S/C14H17N3O2/c1-16(2)12-5-3-11(4-6-12)13-9-15-10-17(13)8-7-14(18)19/h3-6,9-10H,7-8H2,1-2H3,(H,18,19). The Hall–Kier alpha value is -2.30. The molecule has 19 heavy (non-hydrogen) atoms. The Bertz CT molecular complexity index is 558. The van der Waals surface area contributed by atoms with Crippen molar-refractivity contribution in [3.05, 3.63) is 36.8 Å². The SMILES string of the molecule is CN(C)c1ccc(-c2cncn2CCC(=O)O)cc1. The number of nitrogens with zero attached hydrogens (tertiary/aromatic N) is 3. The summed E-state index contributed by atoms with van der Waals surface area (Å²) in [6.07, 6.45) is 3.52. The van der Waals surface area contributed by atoms with Crippen molar-refractivity contribution in [2.75, 3.05) is 19.0 Å². The molecule has 0 saturated heterocycles. The van der Waals surface area contributed by atoms with Gasteiger partial charge in [0, 0.05) is 26.3 Å². The van der Waals surface area contributed by atoms with Crippen LogP contribution in [0.4, 0.5) is 5.69 Å². The topological polar surface area (TPSA) is 58.4 Å². The highest BCUT2D eigenvalue weighted by molar-refractivity contribution is 5.67. The first-order valence-corrected chi connectivity index (χ1v) is 6.07. The number of rotatable bonds is 5. The van der Waals surface area contributed by atoms with Crippen LogP contribution in [0.25, 0.3) is 11.3 Å². The van der Waals surface area contributed by atoms with Crippen LogP contribution in [-0.4, -0.2) is 34.7 Å². The first-order chi connectivity index (χ1) is 9.08. The molecule has 0 unspecified atom stereocenters. The molecule has 5 heteroatoms. The molecule has 0 bridgehead atoms. The van der Waals surface area contributed by atoms with Gasteiger partial charge in [0.2, 0.25) is 0 Å². The van der Waals surface area contributed by atoms with Gasteiger partial charge in [-0.1, -0.05) is 12.1 Å². The molecule has 1 heterocycles. The molecular formula is C14H17N3O2. The van der Waals surface area contributed by atoms with Gasteiger partial charge in [-0.25, -0.2) is 4.98 Å². The minimum absolute atomic E-state index is 0.0964. The van der Waals surface area contributed by atoms with Gasteiger partial charge in [-0.05, 0) is 17.7 Å². The van der Waals surface area contributed by atoms with Gasteiger partial charge in [0.05, 0.1) is 24.6 Å². The van der Waals surface area contributed by atoms with Gasteiger partial charge < -0.3 is 14.6 Å². The van der Waals surface area contributed by atoms with Gasteiger partial charge in [-0.3, -0.25) is 4.79 Å². The van der Waals surface area contributed by atoms with Crippen LogP contribution in [0.2, 0.25) is 0 Å². The number of carboxylic acid groups (broad SMARTS) is 1. The van der Waals surface area contributed by atoms with Crippen LogP contribution in [0.15, 0.2) is 36.8 Å². The van der Waals surface area contributed by atoms with E-state index in [9.17, 15) is 4.79 Å². The number of carboxylic acids is 1. The first kappa shape index (κ1) is 13.1. The third-order valence-electron chi connectivity index (χ3n) is 2.96. The number of aromatic nitrogens is 2. The molecule has 1 aromatic carbocycles. The Labute approximate surface area is 112 Å². The molecule has 1 N–H and O–H groups in total. The van der Waals surface area contributed by atoms with E-state index in [4.69, 9.17) is 5.11 Å². The molecule has 0 fully saturated rings. The number of benzene rings is 1. The fourth-order valence-corrected chi connectivity index (χ4v) is 1.89. The van der Waals surface area contributed by atoms with Crippen LogP contribution >= 0.6 is 0 Å². The minimum Gasteiger partial charge on any atom is -0.481 e. The maximum atomic E-state index is 10.6. The van der Waals surface area contributed by atoms with Crippen LogP contribution in [0.3, 0.4) is 0 Å². The number of aryl methyl sites for hydroxylation is 1. The fraction of sp³-hybridized carbons (Fsp3) is 0.286. The zero-order valence-corrected chi connectivity index (χ0v) is 11.1. The molecule has 0 atom stereocenters. The normalized spacial score (nSPS) is 10.4. The number of anilines is 1. The zero-order chi connectivity index (χ0) is 13.8. The largest absolute Gasteiger partial charge is 0.481 e. The van der Waals surface area contributed by atoms with Crippen molar-refractivity contribution in [1.29, 1.82) is 0 Å². The third kappa shape index (κ3) is 3.13. The quantitative estimate of drug-likeness (QED) is 0.893. The highest BCUT2D eigenvalue weighted by atomic mass is 16.4. The highest BCUT2D eigenvalue weighted by Gasteiger charge is 2.07. The Morgan fingerprint density at radius 1 is 1.32 bits per heavy atom. The molecule has 0 radical (unpaired) electrons. The maximum absolute atomic E-state index is 10.6. The molecular weight excluding hydrogens is 242 g/mol. The molecule has 0 aliphatic rings.